The number of hydrogen-bond acceptors (Lipinski definition) is 3. The SMILES string of the molecule is CN(C)[C@H]1CC[C@@H](NC(=O)N[C@H](CO)c2ccccc2)C1. The number of carbonyl (C=O) groups is 1. The summed E-state index contributed by atoms with van der Waals surface area (Å²) in [7, 11) is 4.15. The minimum atomic E-state index is -0.364. The summed E-state index contributed by atoms with van der Waals surface area (Å²) >= 11 is 0. The molecule has 1 saturated carbocycles. The molecule has 1 aromatic carbocycles. The first kappa shape index (κ1) is 15.8. The first-order chi connectivity index (χ1) is 10.1. The second-order valence-electron chi connectivity index (χ2n) is 5.89. The van der Waals surface area contributed by atoms with Crippen LogP contribution in [0.15, 0.2) is 30.3 Å². The lowest BCUT2D eigenvalue weighted by Crippen LogP contribution is -2.44. The van der Waals surface area contributed by atoms with Gasteiger partial charge in [0.2, 0.25) is 0 Å². The minimum absolute atomic E-state index is 0.109. The van der Waals surface area contributed by atoms with E-state index < -0.39 is 0 Å². The summed E-state index contributed by atoms with van der Waals surface area (Å²) in [5.74, 6) is 0. The van der Waals surface area contributed by atoms with Crippen LogP contribution >= 0.6 is 0 Å². The van der Waals surface area contributed by atoms with E-state index in [4.69, 9.17) is 0 Å². The molecule has 0 heterocycles. The normalized spacial score (nSPS) is 23.0. The van der Waals surface area contributed by atoms with E-state index in [1.807, 2.05) is 30.3 Å². The second-order valence-corrected chi connectivity index (χ2v) is 5.89. The molecule has 2 amide bonds. The monoisotopic (exact) mass is 291 g/mol. The number of nitrogens with zero attached hydrogens (tertiary/aromatic N) is 1. The molecule has 3 N–H and O–H groups in total. The predicted molar refractivity (Wildman–Crippen MR) is 83.1 cm³/mol. The quantitative estimate of drug-likeness (QED) is 0.770. The van der Waals surface area contributed by atoms with E-state index in [2.05, 4.69) is 29.6 Å². The Morgan fingerprint density at radius 3 is 2.62 bits per heavy atom. The summed E-state index contributed by atoms with van der Waals surface area (Å²) in [4.78, 5) is 14.3. The lowest BCUT2D eigenvalue weighted by Gasteiger charge is -2.21. The van der Waals surface area contributed by atoms with Crippen molar-refractivity contribution >= 4 is 6.03 Å². The van der Waals surface area contributed by atoms with Crippen LogP contribution in [0.2, 0.25) is 0 Å². The zero-order valence-electron chi connectivity index (χ0n) is 12.7. The van der Waals surface area contributed by atoms with Gasteiger partial charge in [-0.1, -0.05) is 30.3 Å². The molecule has 0 bridgehead atoms. The van der Waals surface area contributed by atoms with Gasteiger partial charge >= 0.3 is 6.03 Å². The van der Waals surface area contributed by atoms with Crippen molar-refractivity contribution in [3.05, 3.63) is 35.9 Å². The molecule has 1 fully saturated rings. The van der Waals surface area contributed by atoms with Crippen LogP contribution < -0.4 is 10.6 Å². The molecule has 0 aliphatic heterocycles. The Labute approximate surface area is 126 Å². The van der Waals surface area contributed by atoms with Gasteiger partial charge in [0.05, 0.1) is 12.6 Å². The zero-order chi connectivity index (χ0) is 15.2. The molecule has 0 spiro atoms. The van der Waals surface area contributed by atoms with Gasteiger partial charge in [-0.25, -0.2) is 4.79 Å². The van der Waals surface area contributed by atoms with E-state index in [-0.39, 0.29) is 24.7 Å². The summed E-state index contributed by atoms with van der Waals surface area (Å²) in [5.41, 5.74) is 0.910. The minimum Gasteiger partial charge on any atom is -0.394 e. The molecule has 5 heteroatoms. The summed E-state index contributed by atoms with van der Waals surface area (Å²) in [6.45, 7) is -0.109. The van der Waals surface area contributed by atoms with Gasteiger partial charge in [-0.2, -0.15) is 0 Å². The Balaban J connectivity index is 1.84. The highest BCUT2D eigenvalue weighted by Crippen LogP contribution is 2.22. The molecule has 1 aliphatic rings. The highest BCUT2D eigenvalue weighted by atomic mass is 16.3. The van der Waals surface area contributed by atoms with Crippen LogP contribution in [0.25, 0.3) is 0 Å². The van der Waals surface area contributed by atoms with Crippen molar-refractivity contribution in [3.63, 3.8) is 0 Å². The van der Waals surface area contributed by atoms with Crippen molar-refractivity contribution in [2.75, 3.05) is 20.7 Å². The van der Waals surface area contributed by atoms with E-state index in [1.54, 1.807) is 0 Å². The number of benzene rings is 1. The van der Waals surface area contributed by atoms with E-state index >= 15 is 0 Å². The standard InChI is InChI=1S/C16H25N3O2/c1-19(2)14-9-8-13(10-14)17-16(21)18-15(11-20)12-6-4-3-5-7-12/h3-7,13-15,20H,8-11H2,1-2H3,(H2,17,18,21)/t13-,14+,15-/m1/s1. The van der Waals surface area contributed by atoms with E-state index in [9.17, 15) is 9.90 Å². The Kier molecular flexibility index (Phi) is 5.59. The van der Waals surface area contributed by atoms with Crippen molar-refractivity contribution in [2.45, 2.75) is 37.4 Å². The van der Waals surface area contributed by atoms with Crippen LogP contribution in [-0.2, 0) is 0 Å². The van der Waals surface area contributed by atoms with Crippen LogP contribution in [0.5, 0.6) is 0 Å². The average molecular weight is 291 g/mol. The van der Waals surface area contributed by atoms with Gasteiger partial charge in [-0.05, 0) is 38.9 Å². The number of amides is 2. The zero-order valence-corrected chi connectivity index (χ0v) is 12.7. The third-order valence-corrected chi connectivity index (χ3v) is 4.16. The molecule has 116 valence electrons. The fraction of sp³-hybridized carbons (Fsp3) is 0.562. The third-order valence-electron chi connectivity index (χ3n) is 4.16. The topological polar surface area (TPSA) is 64.6 Å². The molecule has 1 aromatic rings. The molecule has 3 atom stereocenters. The third kappa shape index (κ3) is 4.44. The predicted octanol–water partition coefficient (Wildman–Crippen LogP) is 1.50. The van der Waals surface area contributed by atoms with Crippen LogP contribution in [0.3, 0.4) is 0 Å². The van der Waals surface area contributed by atoms with Crippen molar-refractivity contribution < 1.29 is 9.90 Å². The molecule has 21 heavy (non-hydrogen) atoms. The number of hydrogen-bond donors (Lipinski definition) is 3. The Morgan fingerprint density at radius 1 is 1.33 bits per heavy atom. The van der Waals surface area contributed by atoms with Gasteiger partial charge in [0.15, 0.2) is 0 Å². The van der Waals surface area contributed by atoms with Gasteiger partial charge in [-0.15, -0.1) is 0 Å². The molecule has 0 saturated heterocycles. The lowest BCUT2D eigenvalue weighted by atomic mass is 10.1. The number of rotatable bonds is 5. The fourth-order valence-corrected chi connectivity index (χ4v) is 2.86. The Morgan fingerprint density at radius 2 is 2.05 bits per heavy atom. The number of urea groups is 1. The molecule has 1 aliphatic carbocycles. The van der Waals surface area contributed by atoms with Gasteiger partial charge in [0, 0.05) is 12.1 Å². The Hall–Kier alpha value is -1.59. The number of aliphatic hydroxyl groups excluding tert-OH is 1. The van der Waals surface area contributed by atoms with Crippen LogP contribution in [-0.4, -0.2) is 48.8 Å². The van der Waals surface area contributed by atoms with Crippen LogP contribution in [0.4, 0.5) is 4.79 Å². The number of carbonyl (C=O) groups excluding carboxylic acids is 1. The van der Waals surface area contributed by atoms with E-state index in [0.29, 0.717) is 6.04 Å². The number of aliphatic hydroxyl groups is 1. The van der Waals surface area contributed by atoms with Gasteiger partial charge in [0.1, 0.15) is 0 Å². The van der Waals surface area contributed by atoms with Crippen LogP contribution in [0, 0.1) is 0 Å². The lowest BCUT2D eigenvalue weighted by molar-refractivity contribution is 0.213. The van der Waals surface area contributed by atoms with Gasteiger partial charge in [0.25, 0.3) is 0 Å². The van der Waals surface area contributed by atoms with Crippen molar-refractivity contribution in [2.24, 2.45) is 0 Å². The van der Waals surface area contributed by atoms with E-state index in [1.165, 1.54) is 0 Å². The van der Waals surface area contributed by atoms with Crippen LogP contribution in [0.1, 0.15) is 30.9 Å². The second kappa shape index (κ2) is 7.43. The summed E-state index contributed by atoms with van der Waals surface area (Å²) in [6.07, 6.45) is 3.10. The molecule has 2 rings (SSSR count). The average Bonchev–Trinajstić information content (AvgIpc) is 2.94. The summed E-state index contributed by atoms with van der Waals surface area (Å²) in [6, 6.07) is 9.70. The number of nitrogens with one attached hydrogen (secondary N) is 2. The first-order valence-electron chi connectivity index (χ1n) is 7.49. The highest BCUT2D eigenvalue weighted by Gasteiger charge is 2.27. The first-order valence-corrected chi connectivity index (χ1v) is 7.49. The smallest absolute Gasteiger partial charge is 0.315 e. The molecule has 0 radical (unpaired) electrons. The van der Waals surface area contributed by atoms with Gasteiger partial charge < -0.3 is 20.6 Å². The summed E-state index contributed by atoms with van der Waals surface area (Å²) in [5, 5.41) is 15.3. The largest absolute Gasteiger partial charge is 0.394 e. The maximum atomic E-state index is 12.1. The maximum Gasteiger partial charge on any atom is 0.315 e. The fourth-order valence-electron chi connectivity index (χ4n) is 2.86. The maximum absolute atomic E-state index is 12.1. The molecule has 5 nitrogen and oxygen atoms in total. The summed E-state index contributed by atoms with van der Waals surface area (Å²) < 4.78 is 0. The van der Waals surface area contributed by atoms with Crippen molar-refractivity contribution in [1.82, 2.24) is 15.5 Å². The molecule has 0 aromatic heterocycles. The van der Waals surface area contributed by atoms with Crippen molar-refractivity contribution in [1.29, 1.82) is 0 Å². The highest BCUT2D eigenvalue weighted by molar-refractivity contribution is 5.74. The van der Waals surface area contributed by atoms with Crippen molar-refractivity contribution in [3.8, 4) is 0 Å². The van der Waals surface area contributed by atoms with Gasteiger partial charge in [-0.3, -0.25) is 0 Å². The molecular formula is C16H25N3O2. The van der Waals surface area contributed by atoms with E-state index in [0.717, 1.165) is 24.8 Å². The Bertz CT molecular complexity index is 450. The molecule has 0 unspecified atom stereocenters. The molecular weight excluding hydrogens is 266 g/mol.